The molecule has 2 aromatic rings. The number of halogens is 1. The quantitative estimate of drug-likeness (QED) is 0.888. The zero-order valence-corrected chi connectivity index (χ0v) is 13.9. The predicted molar refractivity (Wildman–Crippen MR) is 90.3 cm³/mol. The summed E-state index contributed by atoms with van der Waals surface area (Å²) in [5.74, 6) is 0.885. The number of aromatic nitrogens is 1. The molecule has 110 valence electrons. The van der Waals surface area contributed by atoms with Gasteiger partial charge >= 0.3 is 0 Å². The number of amides is 1. The Balaban J connectivity index is 1.65. The van der Waals surface area contributed by atoms with Crippen LogP contribution in [0.15, 0.2) is 33.6 Å². The minimum absolute atomic E-state index is 0.107. The van der Waals surface area contributed by atoms with E-state index in [-0.39, 0.29) is 5.91 Å². The van der Waals surface area contributed by atoms with Crippen molar-refractivity contribution in [1.29, 1.82) is 0 Å². The van der Waals surface area contributed by atoms with Crippen molar-refractivity contribution in [1.82, 2.24) is 4.98 Å². The monoisotopic (exact) mass is 365 g/mol. The van der Waals surface area contributed by atoms with Gasteiger partial charge in [0.15, 0.2) is 0 Å². The molecule has 21 heavy (non-hydrogen) atoms. The van der Waals surface area contributed by atoms with Gasteiger partial charge in [-0.3, -0.25) is 4.79 Å². The number of nitrogens with one attached hydrogen (secondary N) is 1. The maximum Gasteiger partial charge on any atom is 0.256 e. The van der Waals surface area contributed by atoms with E-state index >= 15 is 0 Å². The van der Waals surface area contributed by atoms with Crippen molar-refractivity contribution in [3.05, 3.63) is 39.1 Å². The van der Waals surface area contributed by atoms with Crippen LogP contribution in [0, 0.1) is 0 Å². The van der Waals surface area contributed by atoms with Crippen LogP contribution in [0.25, 0.3) is 0 Å². The summed E-state index contributed by atoms with van der Waals surface area (Å²) in [6.45, 7) is 2.14. The number of hydrogen-bond acceptors (Lipinski definition) is 4. The zero-order chi connectivity index (χ0) is 14.7. The van der Waals surface area contributed by atoms with Crippen LogP contribution in [-0.2, 0) is 0 Å². The highest BCUT2D eigenvalue weighted by molar-refractivity contribution is 9.11. The molecule has 4 nitrogen and oxygen atoms in total. The number of nitrogens with zero attached hydrogens (tertiary/aromatic N) is 2. The third-order valence-corrected chi connectivity index (χ3v) is 5.02. The van der Waals surface area contributed by atoms with Crippen LogP contribution in [0.1, 0.15) is 29.6 Å². The molecule has 6 heteroatoms. The molecule has 3 rings (SSSR count). The van der Waals surface area contributed by atoms with E-state index in [1.54, 1.807) is 6.20 Å². The topological polar surface area (TPSA) is 45.2 Å². The van der Waals surface area contributed by atoms with Gasteiger partial charge in [0, 0.05) is 18.5 Å². The number of pyridine rings is 1. The van der Waals surface area contributed by atoms with Gasteiger partial charge in [0.25, 0.3) is 5.91 Å². The van der Waals surface area contributed by atoms with Crippen LogP contribution in [0.4, 0.5) is 11.5 Å². The van der Waals surface area contributed by atoms with Gasteiger partial charge in [-0.15, -0.1) is 11.3 Å². The van der Waals surface area contributed by atoms with E-state index in [2.05, 4.69) is 31.1 Å². The predicted octanol–water partition coefficient (Wildman–Crippen LogP) is 4.15. The lowest BCUT2D eigenvalue weighted by atomic mass is 10.1. The molecule has 0 aromatic carbocycles. The summed E-state index contributed by atoms with van der Waals surface area (Å²) in [5, 5.41) is 4.70. The lowest BCUT2D eigenvalue weighted by Crippen LogP contribution is -2.30. The van der Waals surface area contributed by atoms with Gasteiger partial charge in [0.2, 0.25) is 0 Å². The Kier molecular flexibility index (Phi) is 4.55. The number of carbonyl (C=O) groups excluding carboxylic acids is 1. The first-order valence-corrected chi connectivity index (χ1v) is 8.66. The van der Waals surface area contributed by atoms with E-state index in [1.807, 2.05) is 23.6 Å². The van der Waals surface area contributed by atoms with Gasteiger partial charge in [-0.1, -0.05) is 0 Å². The van der Waals surface area contributed by atoms with Crippen LogP contribution >= 0.6 is 27.3 Å². The highest BCUT2D eigenvalue weighted by Crippen LogP contribution is 2.22. The van der Waals surface area contributed by atoms with Crippen molar-refractivity contribution in [3.8, 4) is 0 Å². The average molecular weight is 366 g/mol. The fraction of sp³-hybridized carbons (Fsp3) is 0.333. The molecular formula is C15H16BrN3OS. The Morgan fingerprint density at radius 1 is 1.29 bits per heavy atom. The molecule has 1 aliphatic heterocycles. The molecule has 1 saturated heterocycles. The lowest BCUT2D eigenvalue weighted by Gasteiger charge is -2.27. The van der Waals surface area contributed by atoms with Crippen LogP contribution < -0.4 is 10.2 Å². The Morgan fingerprint density at radius 2 is 2.10 bits per heavy atom. The van der Waals surface area contributed by atoms with Crippen molar-refractivity contribution in [2.75, 3.05) is 23.3 Å². The minimum atomic E-state index is -0.107. The molecule has 0 radical (unpaired) electrons. The smallest absolute Gasteiger partial charge is 0.256 e. The second-order valence-corrected chi connectivity index (χ2v) is 7.34. The summed E-state index contributed by atoms with van der Waals surface area (Å²) < 4.78 is 0.950. The summed E-state index contributed by atoms with van der Waals surface area (Å²) >= 11 is 4.86. The molecule has 1 aliphatic rings. The summed E-state index contributed by atoms with van der Waals surface area (Å²) in [6, 6.07) is 5.70. The van der Waals surface area contributed by atoms with E-state index in [0.717, 1.165) is 28.4 Å². The number of anilines is 2. The molecule has 2 aromatic heterocycles. The fourth-order valence-corrected chi connectivity index (χ4v) is 3.54. The Labute approximate surface area is 136 Å². The maximum atomic E-state index is 12.1. The minimum Gasteiger partial charge on any atom is -0.357 e. The first-order chi connectivity index (χ1) is 10.2. The lowest BCUT2D eigenvalue weighted by molar-refractivity contribution is 0.102. The number of rotatable bonds is 3. The van der Waals surface area contributed by atoms with Crippen molar-refractivity contribution < 1.29 is 4.79 Å². The molecule has 0 bridgehead atoms. The summed E-state index contributed by atoms with van der Waals surface area (Å²) in [4.78, 5) is 18.8. The normalized spacial score (nSPS) is 15.0. The second-order valence-electron chi connectivity index (χ2n) is 5.05. The Bertz CT molecular complexity index is 620. The SMILES string of the molecule is O=C(Nc1ccc(N2CCCCC2)nc1)c1csc(Br)c1. The summed E-state index contributed by atoms with van der Waals surface area (Å²) in [7, 11) is 0. The zero-order valence-electron chi connectivity index (χ0n) is 11.5. The van der Waals surface area contributed by atoms with Crippen molar-refractivity contribution in [2.45, 2.75) is 19.3 Å². The van der Waals surface area contributed by atoms with Gasteiger partial charge < -0.3 is 10.2 Å². The molecule has 0 atom stereocenters. The van der Waals surface area contributed by atoms with E-state index < -0.39 is 0 Å². The standard InChI is InChI=1S/C15H16BrN3OS/c16-13-8-11(10-21-13)15(20)18-12-4-5-14(17-9-12)19-6-2-1-3-7-19/h4-5,8-10H,1-3,6-7H2,(H,18,20). The number of piperidine rings is 1. The van der Waals surface area contributed by atoms with Gasteiger partial charge in [-0.25, -0.2) is 4.98 Å². The van der Waals surface area contributed by atoms with Gasteiger partial charge in [0.05, 0.1) is 21.2 Å². The molecule has 1 N–H and O–H groups in total. The molecule has 1 amide bonds. The van der Waals surface area contributed by atoms with Crippen LogP contribution in [0.5, 0.6) is 0 Å². The maximum absolute atomic E-state index is 12.1. The average Bonchev–Trinajstić information content (AvgIpc) is 2.96. The van der Waals surface area contributed by atoms with E-state index in [4.69, 9.17) is 0 Å². The molecule has 0 saturated carbocycles. The van der Waals surface area contributed by atoms with Crippen molar-refractivity contribution in [3.63, 3.8) is 0 Å². The third-order valence-electron chi connectivity index (χ3n) is 3.52. The highest BCUT2D eigenvalue weighted by atomic mass is 79.9. The van der Waals surface area contributed by atoms with Crippen molar-refractivity contribution in [2.24, 2.45) is 0 Å². The van der Waals surface area contributed by atoms with E-state index in [9.17, 15) is 4.79 Å². The molecule has 0 aliphatic carbocycles. The third kappa shape index (κ3) is 3.63. The van der Waals surface area contributed by atoms with Gasteiger partial charge in [-0.05, 0) is 53.4 Å². The number of hydrogen-bond donors (Lipinski definition) is 1. The molecular weight excluding hydrogens is 350 g/mol. The van der Waals surface area contributed by atoms with Gasteiger partial charge in [0.1, 0.15) is 5.82 Å². The van der Waals surface area contributed by atoms with Crippen LogP contribution in [0.3, 0.4) is 0 Å². The largest absolute Gasteiger partial charge is 0.357 e. The van der Waals surface area contributed by atoms with Crippen LogP contribution in [0.2, 0.25) is 0 Å². The Morgan fingerprint density at radius 3 is 2.71 bits per heavy atom. The highest BCUT2D eigenvalue weighted by Gasteiger charge is 2.12. The molecule has 3 heterocycles. The van der Waals surface area contributed by atoms with Crippen molar-refractivity contribution >= 4 is 44.7 Å². The van der Waals surface area contributed by atoms with Gasteiger partial charge in [-0.2, -0.15) is 0 Å². The summed E-state index contributed by atoms with van der Waals surface area (Å²) in [5.41, 5.74) is 1.38. The van der Waals surface area contributed by atoms with E-state index in [1.165, 1.54) is 30.6 Å². The molecule has 1 fully saturated rings. The second kappa shape index (κ2) is 6.58. The Hall–Kier alpha value is -1.40. The number of carbonyl (C=O) groups is 1. The molecule has 0 spiro atoms. The number of thiophene rings is 1. The fourth-order valence-electron chi connectivity index (χ4n) is 2.40. The first kappa shape index (κ1) is 14.5. The van der Waals surface area contributed by atoms with E-state index in [0.29, 0.717) is 5.56 Å². The summed E-state index contributed by atoms with van der Waals surface area (Å²) in [6.07, 6.45) is 5.49. The first-order valence-electron chi connectivity index (χ1n) is 6.99. The molecule has 0 unspecified atom stereocenters. The van der Waals surface area contributed by atoms with Crippen LogP contribution in [-0.4, -0.2) is 24.0 Å².